The highest BCUT2D eigenvalue weighted by Crippen LogP contribution is 2.32. The zero-order valence-corrected chi connectivity index (χ0v) is 14.9. The van der Waals surface area contributed by atoms with Crippen LogP contribution >= 0.6 is 0 Å². The Kier molecular flexibility index (Phi) is 5.29. The summed E-state index contributed by atoms with van der Waals surface area (Å²) in [6.07, 6.45) is 2.06. The van der Waals surface area contributed by atoms with Gasteiger partial charge in [-0.3, -0.25) is 4.90 Å². The first-order valence-corrected chi connectivity index (χ1v) is 8.94. The summed E-state index contributed by atoms with van der Waals surface area (Å²) in [5, 5.41) is 3.90. The van der Waals surface area contributed by atoms with Crippen molar-refractivity contribution in [1.29, 1.82) is 0 Å². The van der Waals surface area contributed by atoms with Crippen molar-refractivity contribution in [2.75, 3.05) is 0 Å². The molecular formula is C20H18F3N3O2. The molecule has 146 valence electrons. The van der Waals surface area contributed by atoms with E-state index in [0.717, 1.165) is 12.8 Å². The molecule has 0 atom stereocenters. The van der Waals surface area contributed by atoms with Crippen molar-refractivity contribution in [3.63, 3.8) is 0 Å². The van der Waals surface area contributed by atoms with Crippen LogP contribution < -0.4 is 4.74 Å². The quantitative estimate of drug-likeness (QED) is 0.562. The Morgan fingerprint density at radius 1 is 1.07 bits per heavy atom. The van der Waals surface area contributed by atoms with E-state index >= 15 is 0 Å². The molecular weight excluding hydrogens is 371 g/mol. The smallest absolute Gasteiger partial charge is 0.387 e. The van der Waals surface area contributed by atoms with Gasteiger partial charge in [0.15, 0.2) is 0 Å². The highest BCUT2D eigenvalue weighted by atomic mass is 19.3. The van der Waals surface area contributed by atoms with Gasteiger partial charge in [-0.05, 0) is 31.0 Å². The topological polar surface area (TPSA) is 51.4 Å². The molecule has 3 aromatic rings. The van der Waals surface area contributed by atoms with Crippen molar-refractivity contribution < 1.29 is 22.4 Å². The van der Waals surface area contributed by atoms with Gasteiger partial charge in [-0.2, -0.15) is 13.8 Å². The van der Waals surface area contributed by atoms with Crippen molar-refractivity contribution in [2.45, 2.75) is 38.6 Å². The van der Waals surface area contributed by atoms with Crippen LogP contribution in [0.1, 0.15) is 24.3 Å². The average Bonchev–Trinajstić information content (AvgIpc) is 3.42. The molecule has 1 aromatic heterocycles. The number of alkyl halides is 2. The van der Waals surface area contributed by atoms with Crippen LogP contribution in [0.3, 0.4) is 0 Å². The third-order valence-electron chi connectivity index (χ3n) is 4.55. The highest BCUT2D eigenvalue weighted by molar-refractivity contribution is 5.63. The van der Waals surface area contributed by atoms with Gasteiger partial charge in [-0.1, -0.05) is 35.5 Å². The molecule has 1 aliphatic carbocycles. The standard InChI is InChI=1S/C20H18F3N3O2/c21-16-7-3-1-5-13(16)11-26(14-9-10-14)12-18-24-19(25-28-18)15-6-2-4-8-17(15)27-20(22)23/h1-8,14,20H,9-12H2. The minimum atomic E-state index is -2.95. The maximum Gasteiger partial charge on any atom is 0.387 e. The van der Waals surface area contributed by atoms with Crippen LogP contribution in [0.2, 0.25) is 0 Å². The fourth-order valence-corrected chi connectivity index (χ4v) is 3.05. The van der Waals surface area contributed by atoms with E-state index in [4.69, 9.17) is 4.52 Å². The molecule has 0 spiro atoms. The largest absolute Gasteiger partial charge is 0.434 e. The molecule has 4 rings (SSSR count). The molecule has 0 unspecified atom stereocenters. The Balaban J connectivity index is 1.52. The number of ether oxygens (including phenoxy) is 1. The molecule has 5 nitrogen and oxygen atoms in total. The zero-order chi connectivity index (χ0) is 19.5. The maximum atomic E-state index is 14.0. The molecule has 1 saturated carbocycles. The van der Waals surface area contributed by atoms with Crippen LogP contribution in [0.25, 0.3) is 11.4 Å². The Morgan fingerprint density at radius 3 is 2.57 bits per heavy atom. The number of halogens is 3. The van der Waals surface area contributed by atoms with Gasteiger partial charge in [0.25, 0.3) is 0 Å². The lowest BCUT2D eigenvalue weighted by Crippen LogP contribution is -2.25. The number of hydrogen-bond donors (Lipinski definition) is 0. The van der Waals surface area contributed by atoms with E-state index in [0.29, 0.717) is 36.1 Å². The number of benzene rings is 2. The van der Waals surface area contributed by atoms with Gasteiger partial charge in [-0.25, -0.2) is 4.39 Å². The minimum absolute atomic E-state index is 0.0183. The van der Waals surface area contributed by atoms with Crippen LogP contribution in [-0.4, -0.2) is 27.7 Å². The van der Waals surface area contributed by atoms with E-state index in [9.17, 15) is 13.2 Å². The Morgan fingerprint density at radius 2 is 1.82 bits per heavy atom. The van der Waals surface area contributed by atoms with E-state index in [1.165, 1.54) is 12.1 Å². The first-order chi connectivity index (χ1) is 13.6. The number of para-hydroxylation sites is 1. The summed E-state index contributed by atoms with van der Waals surface area (Å²) < 4.78 is 49.0. The summed E-state index contributed by atoms with van der Waals surface area (Å²) in [7, 11) is 0. The average molecular weight is 389 g/mol. The summed E-state index contributed by atoms with van der Waals surface area (Å²) in [6.45, 7) is -2.16. The highest BCUT2D eigenvalue weighted by Gasteiger charge is 2.31. The van der Waals surface area contributed by atoms with E-state index in [1.54, 1.807) is 36.4 Å². The summed E-state index contributed by atoms with van der Waals surface area (Å²) in [4.78, 5) is 6.41. The molecule has 0 saturated heterocycles. The lowest BCUT2D eigenvalue weighted by Gasteiger charge is -2.20. The normalized spacial score (nSPS) is 14.0. The number of hydrogen-bond acceptors (Lipinski definition) is 5. The molecule has 28 heavy (non-hydrogen) atoms. The second-order valence-electron chi connectivity index (χ2n) is 6.61. The third kappa shape index (κ3) is 4.33. The number of rotatable bonds is 8. The zero-order valence-electron chi connectivity index (χ0n) is 14.9. The second-order valence-corrected chi connectivity index (χ2v) is 6.61. The molecule has 1 heterocycles. The first-order valence-electron chi connectivity index (χ1n) is 8.94. The van der Waals surface area contributed by atoms with Gasteiger partial charge in [0.05, 0.1) is 12.1 Å². The van der Waals surface area contributed by atoms with Gasteiger partial charge in [0.1, 0.15) is 11.6 Å². The van der Waals surface area contributed by atoms with Gasteiger partial charge in [-0.15, -0.1) is 0 Å². The van der Waals surface area contributed by atoms with Crippen LogP contribution in [0.4, 0.5) is 13.2 Å². The van der Waals surface area contributed by atoms with E-state index in [2.05, 4.69) is 19.8 Å². The van der Waals surface area contributed by atoms with Crippen molar-refractivity contribution >= 4 is 0 Å². The van der Waals surface area contributed by atoms with Gasteiger partial charge >= 0.3 is 6.61 Å². The molecule has 1 aliphatic rings. The van der Waals surface area contributed by atoms with Gasteiger partial charge < -0.3 is 9.26 Å². The summed E-state index contributed by atoms with van der Waals surface area (Å²) in [5.41, 5.74) is 0.926. The van der Waals surface area contributed by atoms with Crippen molar-refractivity contribution in [3.8, 4) is 17.1 Å². The molecule has 0 N–H and O–H groups in total. The summed E-state index contributed by atoms with van der Waals surface area (Å²) in [6, 6.07) is 13.3. The molecule has 0 bridgehead atoms. The molecule has 0 radical (unpaired) electrons. The van der Waals surface area contributed by atoms with Gasteiger partial charge in [0.2, 0.25) is 11.7 Å². The SMILES string of the molecule is Fc1ccccc1CN(Cc1nc(-c2ccccc2OC(F)F)no1)C1CC1. The lowest BCUT2D eigenvalue weighted by atomic mass is 10.2. The lowest BCUT2D eigenvalue weighted by molar-refractivity contribution is -0.0494. The maximum absolute atomic E-state index is 14.0. The van der Waals surface area contributed by atoms with Crippen molar-refractivity contribution in [3.05, 3.63) is 65.8 Å². The molecule has 1 fully saturated rings. The van der Waals surface area contributed by atoms with Gasteiger partial charge in [0, 0.05) is 18.2 Å². The van der Waals surface area contributed by atoms with Crippen LogP contribution in [-0.2, 0) is 13.1 Å². The van der Waals surface area contributed by atoms with Crippen LogP contribution in [0.15, 0.2) is 53.1 Å². The summed E-state index contributed by atoms with van der Waals surface area (Å²) in [5.74, 6) is 0.241. The van der Waals surface area contributed by atoms with E-state index in [-0.39, 0.29) is 17.4 Å². The molecule has 0 amide bonds. The van der Waals surface area contributed by atoms with Crippen LogP contribution in [0, 0.1) is 5.82 Å². The third-order valence-corrected chi connectivity index (χ3v) is 4.55. The first kappa shape index (κ1) is 18.5. The second kappa shape index (κ2) is 8.02. The predicted molar refractivity (Wildman–Crippen MR) is 95.0 cm³/mol. The molecule has 2 aromatic carbocycles. The van der Waals surface area contributed by atoms with Crippen molar-refractivity contribution in [1.82, 2.24) is 15.0 Å². The summed E-state index contributed by atoms with van der Waals surface area (Å²) >= 11 is 0. The van der Waals surface area contributed by atoms with Crippen LogP contribution in [0.5, 0.6) is 5.75 Å². The fourth-order valence-electron chi connectivity index (χ4n) is 3.05. The fraction of sp³-hybridized carbons (Fsp3) is 0.300. The number of aromatic nitrogens is 2. The van der Waals surface area contributed by atoms with Crippen molar-refractivity contribution in [2.24, 2.45) is 0 Å². The molecule has 8 heteroatoms. The minimum Gasteiger partial charge on any atom is -0.434 e. The number of nitrogens with zero attached hydrogens (tertiary/aromatic N) is 3. The predicted octanol–water partition coefficient (Wildman–Crippen LogP) is 4.64. The molecule has 0 aliphatic heterocycles. The van der Waals surface area contributed by atoms with E-state index in [1.807, 2.05) is 0 Å². The Labute approximate surface area is 159 Å². The van der Waals surface area contributed by atoms with E-state index < -0.39 is 6.61 Å². The monoisotopic (exact) mass is 389 g/mol. The Bertz CT molecular complexity index is 944. The Hall–Kier alpha value is -2.87.